The van der Waals surface area contributed by atoms with Crippen molar-refractivity contribution < 1.29 is 37.7 Å². The maximum absolute atomic E-state index is 13.1. The summed E-state index contributed by atoms with van der Waals surface area (Å²) in [6, 6.07) is 15.5. The van der Waals surface area contributed by atoms with Gasteiger partial charge in [-0.15, -0.1) is 0 Å². The van der Waals surface area contributed by atoms with Crippen LogP contribution < -0.4 is 24.4 Å². The van der Waals surface area contributed by atoms with Crippen LogP contribution >= 0.6 is 0 Å². The highest BCUT2D eigenvalue weighted by Gasteiger charge is 2.21. The lowest BCUT2D eigenvalue weighted by Gasteiger charge is -2.13. The second-order valence-corrected chi connectivity index (χ2v) is 7.75. The molecule has 0 radical (unpaired) electrons. The molecule has 9 nitrogen and oxygen atoms in total. The zero-order valence-corrected chi connectivity index (χ0v) is 20.7. The van der Waals surface area contributed by atoms with Crippen LogP contribution in [0.3, 0.4) is 0 Å². The molecule has 0 fully saturated rings. The monoisotopic (exact) mass is 504 g/mol. The number of carbonyl (C=O) groups excluding carboxylic acids is 2. The summed E-state index contributed by atoms with van der Waals surface area (Å²) in [7, 11) is 2.88. The lowest BCUT2D eigenvalue weighted by molar-refractivity contribution is 0.0526. The molecule has 4 aromatic rings. The van der Waals surface area contributed by atoms with Gasteiger partial charge in [-0.05, 0) is 62.4 Å². The van der Waals surface area contributed by atoms with Crippen LogP contribution in [0.1, 0.15) is 33.4 Å². The molecule has 0 unspecified atom stereocenters. The minimum absolute atomic E-state index is 0.000104. The van der Waals surface area contributed by atoms with Gasteiger partial charge < -0.3 is 28.1 Å². The third kappa shape index (κ3) is 5.25. The minimum Gasteiger partial charge on any atom is -0.496 e. The van der Waals surface area contributed by atoms with Crippen molar-refractivity contribution in [2.45, 2.75) is 13.8 Å². The van der Waals surface area contributed by atoms with Crippen LogP contribution in [0.2, 0.25) is 0 Å². The van der Waals surface area contributed by atoms with Crippen molar-refractivity contribution in [2.24, 2.45) is 0 Å². The van der Waals surface area contributed by atoms with Crippen molar-refractivity contribution in [3.05, 3.63) is 87.8 Å². The molecule has 0 aliphatic rings. The fraction of sp³-hybridized carbons (Fsp3) is 0.179. The number of carbonyl (C=O) groups is 2. The van der Waals surface area contributed by atoms with Crippen molar-refractivity contribution in [3.63, 3.8) is 0 Å². The van der Waals surface area contributed by atoms with Crippen molar-refractivity contribution in [3.8, 4) is 28.7 Å². The Morgan fingerprint density at radius 3 is 2.14 bits per heavy atom. The summed E-state index contributed by atoms with van der Waals surface area (Å²) >= 11 is 0. The summed E-state index contributed by atoms with van der Waals surface area (Å²) in [5, 5.41) is 0.235. The van der Waals surface area contributed by atoms with Gasteiger partial charge in [0.05, 0.1) is 31.8 Å². The Morgan fingerprint density at radius 2 is 1.51 bits per heavy atom. The first-order valence-electron chi connectivity index (χ1n) is 11.3. The lowest BCUT2D eigenvalue weighted by atomic mass is 10.1. The normalized spacial score (nSPS) is 10.6. The Bertz CT molecular complexity index is 1500. The number of benzene rings is 3. The van der Waals surface area contributed by atoms with Crippen molar-refractivity contribution in [1.29, 1.82) is 0 Å². The van der Waals surface area contributed by atoms with E-state index >= 15 is 0 Å². The first-order chi connectivity index (χ1) is 17.9. The van der Waals surface area contributed by atoms with Gasteiger partial charge in [-0.3, -0.25) is 4.79 Å². The van der Waals surface area contributed by atoms with Crippen LogP contribution in [-0.4, -0.2) is 32.8 Å². The van der Waals surface area contributed by atoms with Crippen LogP contribution in [0, 0.1) is 6.92 Å². The SMILES string of the molecule is CCOC(=O)c1ccc(Oc2c(C)oc3cc(OC(=O)c4c(OC)cccc4OC)ccc3c2=O)cc1. The molecule has 190 valence electrons. The Balaban J connectivity index is 1.60. The van der Waals surface area contributed by atoms with Gasteiger partial charge >= 0.3 is 11.9 Å². The van der Waals surface area contributed by atoms with Gasteiger partial charge in [-0.2, -0.15) is 0 Å². The summed E-state index contributed by atoms with van der Waals surface area (Å²) in [6.07, 6.45) is 0. The van der Waals surface area contributed by atoms with Crippen LogP contribution in [-0.2, 0) is 4.74 Å². The molecule has 0 aliphatic carbocycles. The molecule has 1 aromatic heterocycles. The van der Waals surface area contributed by atoms with E-state index < -0.39 is 17.4 Å². The van der Waals surface area contributed by atoms with E-state index in [2.05, 4.69) is 0 Å². The van der Waals surface area contributed by atoms with Gasteiger partial charge in [0.1, 0.15) is 39.9 Å². The van der Waals surface area contributed by atoms with Crippen molar-refractivity contribution in [1.82, 2.24) is 0 Å². The Morgan fingerprint density at radius 1 is 0.865 bits per heavy atom. The largest absolute Gasteiger partial charge is 0.496 e. The molecule has 1 heterocycles. The molecule has 9 heteroatoms. The number of methoxy groups -OCH3 is 2. The lowest BCUT2D eigenvalue weighted by Crippen LogP contribution is -2.12. The van der Waals surface area contributed by atoms with Gasteiger partial charge in [0, 0.05) is 6.07 Å². The molecule has 0 amide bonds. The van der Waals surface area contributed by atoms with Crippen molar-refractivity contribution >= 4 is 22.9 Å². The number of ether oxygens (including phenoxy) is 5. The third-order valence-electron chi connectivity index (χ3n) is 5.41. The molecule has 3 aromatic carbocycles. The smallest absolute Gasteiger partial charge is 0.351 e. The quantitative estimate of drug-likeness (QED) is 0.233. The van der Waals surface area contributed by atoms with Gasteiger partial charge in [0.25, 0.3) is 0 Å². The second kappa shape index (κ2) is 10.9. The fourth-order valence-electron chi connectivity index (χ4n) is 3.65. The molecule has 37 heavy (non-hydrogen) atoms. The standard InChI is InChI=1S/C28H24O9/c1-5-34-27(30)17-9-11-18(12-10-17)36-26-16(2)35-23-15-19(13-14-20(23)25(26)29)37-28(31)24-21(32-3)7-6-8-22(24)33-4/h6-15H,5H2,1-4H3. The van der Waals surface area contributed by atoms with Crippen LogP contribution in [0.5, 0.6) is 28.7 Å². The van der Waals surface area contributed by atoms with E-state index in [1.165, 1.54) is 32.4 Å². The van der Waals surface area contributed by atoms with E-state index in [0.29, 0.717) is 22.8 Å². The predicted octanol–water partition coefficient (Wildman–Crippen LogP) is 5.31. The second-order valence-electron chi connectivity index (χ2n) is 7.75. The number of hydrogen-bond donors (Lipinski definition) is 0. The number of esters is 2. The zero-order valence-electron chi connectivity index (χ0n) is 20.7. The van der Waals surface area contributed by atoms with Gasteiger partial charge in [0.15, 0.2) is 0 Å². The fourth-order valence-corrected chi connectivity index (χ4v) is 3.65. The molecule has 0 atom stereocenters. The summed E-state index contributed by atoms with van der Waals surface area (Å²) < 4.78 is 32.6. The molecule has 4 rings (SSSR count). The number of rotatable bonds is 8. The maximum atomic E-state index is 13.1. The number of fused-ring (bicyclic) bond motifs is 1. The van der Waals surface area contributed by atoms with Gasteiger partial charge in [-0.25, -0.2) is 9.59 Å². The van der Waals surface area contributed by atoms with E-state index in [-0.39, 0.29) is 40.4 Å². The summed E-state index contributed by atoms with van der Waals surface area (Å²) in [5.41, 5.74) is 0.300. The molecule has 0 aliphatic heterocycles. The average molecular weight is 504 g/mol. The predicted molar refractivity (Wildman–Crippen MR) is 134 cm³/mol. The molecular formula is C28H24O9. The summed E-state index contributed by atoms with van der Waals surface area (Å²) in [5.74, 6) is 0.182. The zero-order chi connectivity index (χ0) is 26.5. The number of hydrogen-bond acceptors (Lipinski definition) is 9. The van der Waals surface area contributed by atoms with E-state index in [9.17, 15) is 14.4 Å². The molecule has 0 saturated heterocycles. The highest BCUT2D eigenvalue weighted by molar-refractivity contribution is 5.97. The van der Waals surface area contributed by atoms with E-state index in [1.807, 2.05) is 0 Å². The molecule has 0 spiro atoms. The third-order valence-corrected chi connectivity index (χ3v) is 5.41. The molecule has 0 saturated carbocycles. The van der Waals surface area contributed by atoms with E-state index in [0.717, 1.165) is 0 Å². The molecule has 0 N–H and O–H groups in total. The maximum Gasteiger partial charge on any atom is 0.351 e. The van der Waals surface area contributed by atoms with Crippen LogP contribution in [0.4, 0.5) is 0 Å². The first kappa shape index (κ1) is 25.3. The Hall–Kier alpha value is -4.79. The highest BCUT2D eigenvalue weighted by Crippen LogP contribution is 2.31. The van der Waals surface area contributed by atoms with E-state index in [4.69, 9.17) is 28.1 Å². The molecule has 0 bridgehead atoms. The van der Waals surface area contributed by atoms with Gasteiger partial charge in [0.2, 0.25) is 11.2 Å². The highest BCUT2D eigenvalue weighted by atomic mass is 16.5. The Labute approximate surface area is 212 Å². The van der Waals surface area contributed by atoms with Gasteiger partial charge in [-0.1, -0.05) is 6.07 Å². The Kier molecular flexibility index (Phi) is 7.43. The minimum atomic E-state index is -0.695. The van der Waals surface area contributed by atoms with Crippen LogP contribution in [0.25, 0.3) is 11.0 Å². The average Bonchev–Trinajstić information content (AvgIpc) is 2.90. The number of aryl methyl sites for hydroxylation is 1. The summed E-state index contributed by atoms with van der Waals surface area (Å²) in [6.45, 7) is 3.58. The first-order valence-corrected chi connectivity index (χ1v) is 11.3. The molecular weight excluding hydrogens is 480 g/mol. The topological polar surface area (TPSA) is 110 Å². The van der Waals surface area contributed by atoms with Crippen molar-refractivity contribution in [2.75, 3.05) is 20.8 Å². The summed E-state index contributed by atoms with van der Waals surface area (Å²) in [4.78, 5) is 37.9. The van der Waals surface area contributed by atoms with Crippen LogP contribution in [0.15, 0.2) is 69.9 Å². The van der Waals surface area contributed by atoms with E-state index in [1.54, 1.807) is 56.3 Å².